The highest BCUT2D eigenvalue weighted by atomic mass is 19.1. The predicted molar refractivity (Wildman–Crippen MR) is 119 cm³/mol. The molecule has 170 valence electrons. The van der Waals surface area contributed by atoms with Gasteiger partial charge in [-0.15, -0.1) is 0 Å². The molecule has 0 bridgehead atoms. The van der Waals surface area contributed by atoms with Crippen molar-refractivity contribution in [2.24, 2.45) is 5.92 Å². The van der Waals surface area contributed by atoms with Gasteiger partial charge in [0.15, 0.2) is 5.78 Å². The number of piperidine rings is 1. The van der Waals surface area contributed by atoms with E-state index in [-0.39, 0.29) is 29.9 Å². The second-order valence-corrected chi connectivity index (χ2v) is 8.54. The molecular formula is C25H30FN3O3. The van der Waals surface area contributed by atoms with Crippen LogP contribution in [0.5, 0.6) is 0 Å². The summed E-state index contributed by atoms with van der Waals surface area (Å²) in [5.74, 6) is -0.350. The maximum absolute atomic E-state index is 14.6. The monoisotopic (exact) mass is 439 g/mol. The Labute approximate surface area is 188 Å². The van der Waals surface area contributed by atoms with Crippen molar-refractivity contribution in [3.05, 3.63) is 59.2 Å². The highest BCUT2D eigenvalue weighted by Crippen LogP contribution is 2.39. The van der Waals surface area contributed by atoms with E-state index in [0.29, 0.717) is 25.3 Å². The zero-order valence-electron chi connectivity index (χ0n) is 18.5. The van der Waals surface area contributed by atoms with Crippen molar-refractivity contribution in [1.82, 2.24) is 14.7 Å². The molecule has 1 aromatic carbocycles. The first-order valence-corrected chi connectivity index (χ1v) is 11.5. The Morgan fingerprint density at radius 1 is 1.28 bits per heavy atom. The lowest BCUT2D eigenvalue weighted by Crippen LogP contribution is -2.39. The lowest BCUT2D eigenvalue weighted by molar-refractivity contribution is -0.143. The van der Waals surface area contributed by atoms with E-state index in [1.165, 1.54) is 11.6 Å². The van der Waals surface area contributed by atoms with Gasteiger partial charge in [-0.05, 0) is 57.4 Å². The van der Waals surface area contributed by atoms with Crippen LogP contribution in [0.15, 0.2) is 42.1 Å². The molecule has 0 amide bonds. The molecule has 1 saturated heterocycles. The van der Waals surface area contributed by atoms with Crippen LogP contribution in [0.4, 0.5) is 4.39 Å². The van der Waals surface area contributed by atoms with Crippen molar-refractivity contribution in [2.75, 3.05) is 19.7 Å². The summed E-state index contributed by atoms with van der Waals surface area (Å²) in [6.45, 7) is 4.02. The fourth-order valence-corrected chi connectivity index (χ4v) is 4.31. The molecule has 0 N–H and O–H groups in total. The molecule has 1 unspecified atom stereocenters. The fourth-order valence-electron chi connectivity index (χ4n) is 4.31. The minimum Gasteiger partial charge on any atom is -0.466 e. The predicted octanol–water partition coefficient (Wildman–Crippen LogP) is 4.18. The molecule has 2 fully saturated rings. The van der Waals surface area contributed by atoms with E-state index in [9.17, 15) is 14.0 Å². The number of likely N-dealkylation sites (tertiary alicyclic amines) is 1. The van der Waals surface area contributed by atoms with E-state index >= 15 is 0 Å². The van der Waals surface area contributed by atoms with Gasteiger partial charge in [-0.1, -0.05) is 23.8 Å². The number of nitrogens with zero attached hydrogens (tertiary/aromatic N) is 3. The number of carbonyl (C=O) groups is 2. The maximum Gasteiger partial charge on any atom is 0.307 e. The lowest BCUT2D eigenvalue weighted by Gasteiger charge is -2.35. The van der Waals surface area contributed by atoms with Gasteiger partial charge in [-0.25, -0.2) is 4.39 Å². The molecule has 1 atom stereocenters. The zero-order valence-corrected chi connectivity index (χ0v) is 18.5. The lowest BCUT2D eigenvalue weighted by atomic mass is 9.93. The first-order chi connectivity index (χ1) is 15.5. The van der Waals surface area contributed by atoms with Crippen LogP contribution in [0.25, 0.3) is 6.08 Å². The topological polar surface area (TPSA) is 64.4 Å². The van der Waals surface area contributed by atoms with Crippen LogP contribution in [0, 0.1) is 11.7 Å². The number of ketones is 1. The second-order valence-electron chi connectivity index (χ2n) is 8.54. The minimum absolute atomic E-state index is 0.0593. The first-order valence-electron chi connectivity index (χ1n) is 11.5. The minimum atomic E-state index is -0.533. The number of Topliss-reactive ketones (excluding diaryl/α,β-unsaturated/α-hetero) is 1. The molecule has 4 rings (SSSR count). The Morgan fingerprint density at radius 3 is 2.84 bits per heavy atom. The van der Waals surface area contributed by atoms with Crippen LogP contribution in [-0.4, -0.2) is 46.1 Å². The summed E-state index contributed by atoms with van der Waals surface area (Å²) in [6, 6.07) is 8.03. The Balaban J connectivity index is 1.47. The van der Waals surface area contributed by atoms with Gasteiger partial charge in [0.05, 0.1) is 31.3 Å². The average molecular weight is 440 g/mol. The van der Waals surface area contributed by atoms with E-state index < -0.39 is 6.04 Å². The third-order valence-electron chi connectivity index (χ3n) is 6.03. The molecule has 1 aromatic heterocycles. The van der Waals surface area contributed by atoms with Crippen LogP contribution in [-0.2, 0) is 20.9 Å². The molecule has 1 aliphatic heterocycles. The number of carbonyl (C=O) groups excluding carboxylic acids is 2. The summed E-state index contributed by atoms with van der Waals surface area (Å²) < 4.78 is 21.3. The zero-order chi connectivity index (χ0) is 22.5. The number of aryl methyl sites for hydroxylation is 1. The van der Waals surface area contributed by atoms with Crippen molar-refractivity contribution >= 4 is 17.8 Å². The number of benzene rings is 1. The van der Waals surface area contributed by atoms with E-state index in [1.54, 1.807) is 29.8 Å². The maximum atomic E-state index is 14.6. The normalized spacial score (nSPS) is 19.1. The number of hydrogen-bond donors (Lipinski definition) is 0. The average Bonchev–Trinajstić information content (AvgIpc) is 3.54. The quantitative estimate of drug-likeness (QED) is 0.549. The summed E-state index contributed by atoms with van der Waals surface area (Å²) in [6.07, 6.45) is 7.84. The summed E-state index contributed by atoms with van der Waals surface area (Å²) in [5.41, 5.74) is 2.48. The number of rotatable bonds is 9. The van der Waals surface area contributed by atoms with Crippen LogP contribution in [0.1, 0.15) is 56.3 Å². The van der Waals surface area contributed by atoms with Gasteiger partial charge in [0, 0.05) is 24.2 Å². The van der Waals surface area contributed by atoms with Crippen LogP contribution >= 0.6 is 0 Å². The molecular weight excluding hydrogens is 409 g/mol. The molecule has 1 aliphatic carbocycles. The highest BCUT2D eigenvalue weighted by molar-refractivity contribution is 5.89. The third-order valence-corrected chi connectivity index (χ3v) is 6.03. The largest absolute Gasteiger partial charge is 0.466 e. The Kier molecular flexibility index (Phi) is 7.15. The van der Waals surface area contributed by atoms with Gasteiger partial charge in [-0.3, -0.25) is 19.2 Å². The molecule has 2 aliphatic rings. The fraction of sp³-hybridized carbons (Fsp3) is 0.480. The van der Waals surface area contributed by atoms with Crippen molar-refractivity contribution in [2.45, 2.75) is 51.6 Å². The van der Waals surface area contributed by atoms with E-state index in [0.717, 1.165) is 37.9 Å². The van der Waals surface area contributed by atoms with Crippen LogP contribution < -0.4 is 0 Å². The highest BCUT2D eigenvalue weighted by Gasteiger charge is 2.40. The van der Waals surface area contributed by atoms with Gasteiger partial charge in [-0.2, -0.15) is 5.10 Å². The summed E-state index contributed by atoms with van der Waals surface area (Å²) in [5, 5.41) is 4.54. The molecule has 1 saturated carbocycles. The van der Waals surface area contributed by atoms with Crippen molar-refractivity contribution in [3.63, 3.8) is 0 Å². The first kappa shape index (κ1) is 22.4. The Hall–Kier alpha value is -2.80. The van der Waals surface area contributed by atoms with E-state index in [2.05, 4.69) is 10.00 Å². The Morgan fingerprint density at radius 2 is 2.09 bits per heavy atom. The van der Waals surface area contributed by atoms with Gasteiger partial charge in [0.2, 0.25) is 0 Å². The number of ether oxygens (including phenoxy) is 1. The van der Waals surface area contributed by atoms with E-state index in [1.807, 2.05) is 18.3 Å². The standard InChI is InChI=1S/C25H30FN3O3/c1-2-32-23(30)12-15-29-14-11-20(27-29)16-18-6-5-13-28(17-18)24(25(31)19-9-10-19)21-7-3-4-8-22(21)26/h3-4,7-8,11,14,16,19,24H,2,5-6,9-10,12-13,15,17H2,1H3/b18-16+. The Bertz CT molecular complexity index is 996. The number of hydrogen-bond acceptors (Lipinski definition) is 5. The third kappa shape index (κ3) is 5.51. The number of halogens is 1. The number of esters is 1. The molecule has 0 radical (unpaired) electrons. The molecule has 0 spiro atoms. The van der Waals surface area contributed by atoms with Crippen LogP contribution in [0.3, 0.4) is 0 Å². The SMILES string of the molecule is CCOC(=O)CCn1ccc(/C=C2\CCCN(C(C(=O)C3CC3)c3ccccc3F)C2)n1. The van der Waals surface area contributed by atoms with Crippen molar-refractivity contribution in [1.29, 1.82) is 0 Å². The van der Waals surface area contributed by atoms with Gasteiger partial charge < -0.3 is 4.74 Å². The second kappa shape index (κ2) is 10.2. The van der Waals surface area contributed by atoms with Gasteiger partial charge in [0.1, 0.15) is 5.82 Å². The molecule has 2 aromatic rings. The van der Waals surface area contributed by atoms with E-state index in [4.69, 9.17) is 4.74 Å². The summed E-state index contributed by atoms with van der Waals surface area (Å²) in [7, 11) is 0. The molecule has 2 heterocycles. The van der Waals surface area contributed by atoms with Crippen molar-refractivity contribution in [3.8, 4) is 0 Å². The molecule has 6 nitrogen and oxygen atoms in total. The van der Waals surface area contributed by atoms with Crippen molar-refractivity contribution < 1.29 is 18.7 Å². The summed E-state index contributed by atoms with van der Waals surface area (Å²) in [4.78, 5) is 26.8. The van der Waals surface area contributed by atoms with Gasteiger partial charge >= 0.3 is 5.97 Å². The van der Waals surface area contributed by atoms with Gasteiger partial charge in [0.25, 0.3) is 0 Å². The summed E-state index contributed by atoms with van der Waals surface area (Å²) >= 11 is 0. The molecule has 32 heavy (non-hydrogen) atoms. The smallest absolute Gasteiger partial charge is 0.307 e. The number of aromatic nitrogens is 2. The molecule has 7 heteroatoms. The van der Waals surface area contributed by atoms with Crippen LogP contribution in [0.2, 0.25) is 0 Å².